The molecule has 1 N–H and O–H groups in total. The van der Waals surface area contributed by atoms with E-state index in [4.69, 9.17) is 4.74 Å². The number of allylic oxidation sites excluding steroid dienone is 1. The molecule has 2 aromatic carbocycles. The van der Waals surface area contributed by atoms with Crippen molar-refractivity contribution >= 4 is 40.1 Å². The normalized spacial score (nSPS) is 14.5. The van der Waals surface area contributed by atoms with Gasteiger partial charge in [-0.15, -0.1) is 11.8 Å². The van der Waals surface area contributed by atoms with Crippen molar-refractivity contribution in [1.29, 1.82) is 0 Å². The molecule has 0 spiro atoms. The number of aryl methyl sites for hydroxylation is 1. The number of rotatable bonds is 9. The highest BCUT2D eigenvalue weighted by atomic mass is 32.2. The lowest BCUT2D eigenvalue weighted by atomic mass is 10.1. The van der Waals surface area contributed by atoms with Crippen LogP contribution in [0.5, 0.6) is 0 Å². The molecule has 0 bridgehead atoms. The number of carbonyl (C=O) groups is 1. The van der Waals surface area contributed by atoms with Gasteiger partial charge in [-0.2, -0.15) is 13.2 Å². The zero-order chi connectivity index (χ0) is 30.3. The van der Waals surface area contributed by atoms with Crippen LogP contribution in [0.1, 0.15) is 44.7 Å². The molecule has 2 heterocycles. The molecule has 42 heavy (non-hydrogen) atoms. The minimum absolute atomic E-state index is 0.250. The average Bonchev–Trinajstić information content (AvgIpc) is 2.93. The third-order valence-electron chi connectivity index (χ3n) is 6.85. The first-order valence-electron chi connectivity index (χ1n) is 14.2. The van der Waals surface area contributed by atoms with Gasteiger partial charge in [-0.25, -0.2) is 4.79 Å². The number of piperazine rings is 1. The van der Waals surface area contributed by atoms with Crippen molar-refractivity contribution in [3.05, 3.63) is 71.9 Å². The van der Waals surface area contributed by atoms with E-state index in [1.807, 2.05) is 26.8 Å². The maximum absolute atomic E-state index is 13.0. The molecule has 0 saturated carbocycles. The molecule has 3 aromatic rings. The summed E-state index contributed by atoms with van der Waals surface area (Å²) >= 11 is 1.62. The van der Waals surface area contributed by atoms with Crippen molar-refractivity contribution in [1.82, 2.24) is 9.88 Å². The fourth-order valence-electron chi connectivity index (χ4n) is 4.77. The highest BCUT2D eigenvalue weighted by Gasteiger charge is 2.30. The molecule has 6 nitrogen and oxygen atoms in total. The largest absolute Gasteiger partial charge is 0.444 e. The van der Waals surface area contributed by atoms with E-state index in [-0.39, 0.29) is 6.09 Å². The van der Waals surface area contributed by atoms with Gasteiger partial charge in [0.2, 0.25) is 0 Å². The van der Waals surface area contributed by atoms with Gasteiger partial charge in [-0.1, -0.05) is 18.2 Å². The van der Waals surface area contributed by atoms with E-state index in [9.17, 15) is 18.0 Å². The van der Waals surface area contributed by atoms with Gasteiger partial charge in [-0.05, 0) is 82.5 Å². The maximum atomic E-state index is 13.0. The van der Waals surface area contributed by atoms with Crippen LogP contribution in [-0.2, 0) is 10.9 Å². The molecule has 1 aliphatic rings. The highest BCUT2D eigenvalue weighted by molar-refractivity contribution is 7.99. The van der Waals surface area contributed by atoms with Gasteiger partial charge in [-0.3, -0.25) is 4.98 Å². The van der Waals surface area contributed by atoms with Crippen LogP contribution in [0.4, 0.5) is 29.3 Å². The summed E-state index contributed by atoms with van der Waals surface area (Å²) in [7, 11) is 0. The van der Waals surface area contributed by atoms with Gasteiger partial charge in [0.15, 0.2) is 0 Å². The van der Waals surface area contributed by atoms with Crippen LogP contribution < -0.4 is 10.2 Å². The van der Waals surface area contributed by atoms with E-state index in [0.717, 1.165) is 66.3 Å². The second kappa shape index (κ2) is 13.7. The molecule has 10 heteroatoms. The van der Waals surface area contributed by atoms with Crippen LogP contribution in [0, 0.1) is 6.92 Å². The van der Waals surface area contributed by atoms with Crippen molar-refractivity contribution in [3.63, 3.8) is 0 Å². The first-order valence-corrected chi connectivity index (χ1v) is 15.2. The number of alkyl halides is 3. The number of anilines is 2. The van der Waals surface area contributed by atoms with Gasteiger partial charge >= 0.3 is 12.3 Å². The lowest BCUT2D eigenvalue weighted by Crippen LogP contribution is -2.50. The van der Waals surface area contributed by atoms with Gasteiger partial charge in [0, 0.05) is 66.3 Å². The SMILES string of the molecule is Cc1cc(NCCC=CCCSc2ccnc3cc(C(F)(F)F)ccc23)ccc1N1CCN(C(=O)OC(C)(C)C)CC1. The molecular formula is C32H39F3N4O2S. The maximum Gasteiger partial charge on any atom is 0.416 e. The van der Waals surface area contributed by atoms with E-state index < -0.39 is 17.3 Å². The highest BCUT2D eigenvalue weighted by Crippen LogP contribution is 2.34. The van der Waals surface area contributed by atoms with Crippen LogP contribution in [0.15, 0.2) is 65.7 Å². The zero-order valence-corrected chi connectivity index (χ0v) is 25.4. The van der Waals surface area contributed by atoms with E-state index in [1.54, 1.807) is 22.9 Å². The number of thioether (sulfide) groups is 1. The summed E-state index contributed by atoms with van der Waals surface area (Å²) in [5.41, 5.74) is 2.65. The van der Waals surface area contributed by atoms with Gasteiger partial charge in [0.1, 0.15) is 5.60 Å². The molecule has 0 unspecified atom stereocenters. The number of fused-ring (bicyclic) bond motifs is 1. The Kier molecular flexibility index (Phi) is 10.3. The Morgan fingerprint density at radius 2 is 1.76 bits per heavy atom. The number of amides is 1. The summed E-state index contributed by atoms with van der Waals surface area (Å²) in [6, 6.07) is 12.0. The standard InChI is InChI=1S/C32H39F3N4O2S/c1-23-21-25(10-12-28(23)38-16-18-39(19-17-38)30(40)41-31(2,3)4)36-14-7-5-6-8-20-42-29-13-15-37-27-22-24(32(33,34)35)9-11-26(27)29/h5-6,9-13,15,21-22,36H,7-8,14,16-20H2,1-4H3. The summed E-state index contributed by atoms with van der Waals surface area (Å²) in [5.74, 6) is 0.830. The van der Waals surface area contributed by atoms with Crippen molar-refractivity contribution < 1.29 is 22.7 Å². The third kappa shape index (κ3) is 8.80. The van der Waals surface area contributed by atoms with Crippen LogP contribution >= 0.6 is 11.8 Å². The second-order valence-corrected chi connectivity index (χ2v) is 12.5. The predicted octanol–water partition coefficient (Wildman–Crippen LogP) is 8.16. The molecule has 0 atom stereocenters. The van der Waals surface area contributed by atoms with Gasteiger partial charge in [0.05, 0.1) is 11.1 Å². The van der Waals surface area contributed by atoms with Crippen LogP contribution in [0.3, 0.4) is 0 Å². The molecule has 1 saturated heterocycles. The molecule has 226 valence electrons. The molecule has 1 aliphatic heterocycles. The van der Waals surface area contributed by atoms with Crippen molar-refractivity contribution in [3.8, 4) is 0 Å². The lowest BCUT2D eigenvalue weighted by Gasteiger charge is -2.37. The summed E-state index contributed by atoms with van der Waals surface area (Å²) < 4.78 is 44.5. The predicted molar refractivity (Wildman–Crippen MR) is 166 cm³/mol. The second-order valence-electron chi connectivity index (χ2n) is 11.3. The van der Waals surface area contributed by atoms with Gasteiger partial charge < -0.3 is 19.9 Å². The molecule has 4 rings (SSSR count). The Morgan fingerprint density at radius 1 is 1.02 bits per heavy atom. The minimum Gasteiger partial charge on any atom is -0.444 e. The Balaban J connectivity index is 1.17. The van der Waals surface area contributed by atoms with Crippen LogP contribution in [-0.4, -0.2) is 60.1 Å². The Bertz CT molecular complexity index is 1400. The van der Waals surface area contributed by atoms with Crippen molar-refractivity contribution in [2.75, 3.05) is 48.7 Å². The number of pyridine rings is 1. The Labute approximate surface area is 250 Å². The summed E-state index contributed by atoms with van der Waals surface area (Å²) in [6.07, 6.45) is 2.99. The smallest absolute Gasteiger partial charge is 0.416 e. The Morgan fingerprint density at radius 3 is 2.45 bits per heavy atom. The molecule has 1 fully saturated rings. The minimum atomic E-state index is -4.37. The number of ether oxygens (including phenoxy) is 1. The zero-order valence-electron chi connectivity index (χ0n) is 24.6. The number of nitrogens with zero attached hydrogens (tertiary/aromatic N) is 3. The third-order valence-corrected chi connectivity index (χ3v) is 7.95. The fourth-order valence-corrected chi connectivity index (χ4v) is 5.73. The first kappa shape index (κ1) is 31.5. The summed E-state index contributed by atoms with van der Waals surface area (Å²) in [5, 5.41) is 4.22. The van der Waals surface area contributed by atoms with Crippen LogP contribution in [0.2, 0.25) is 0 Å². The van der Waals surface area contributed by atoms with E-state index in [0.29, 0.717) is 18.6 Å². The molecule has 1 aromatic heterocycles. The number of halogens is 3. The van der Waals surface area contributed by atoms with Crippen molar-refractivity contribution in [2.45, 2.75) is 57.2 Å². The van der Waals surface area contributed by atoms with Crippen LogP contribution in [0.25, 0.3) is 10.9 Å². The lowest BCUT2D eigenvalue weighted by molar-refractivity contribution is -0.137. The molecule has 0 aliphatic carbocycles. The summed E-state index contributed by atoms with van der Waals surface area (Å²) in [6.45, 7) is 11.4. The number of benzene rings is 2. The monoisotopic (exact) mass is 600 g/mol. The van der Waals surface area contributed by atoms with Gasteiger partial charge in [0.25, 0.3) is 0 Å². The molecule has 0 radical (unpaired) electrons. The summed E-state index contributed by atoms with van der Waals surface area (Å²) in [4.78, 5) is 21.5. The number of carbonyl (C=O) groups excluding carboxylic acids is 1. The van der Waals surface area contributed by atoms with E-state index >= 15 is 0 Å². The molecular weight excluding hydrogens is 561 g/mol. The van der Waals surface area contributed by atoms with E-state index in [2.05, 4.69) is 52.5 Å². The number of nitrogens with one attached hydrogen (secondary N) is 1. The average molecular weight is 601 g/mol. The van der Waals surface area contributed by atoms with E-state index in [1.165, 1.54) is 17.3 Å². The topological polar surface area (TPSA) is 57.7 Å². The van der Waals surface area contributed by atoms with Crippen molar-refractivity contribution in [2.24, 2.45) is 0 Å². The fraction of sp³-hybridized carbons (Fsp3) is 0.438. The Hall–Kier alpha value is -3.40. The number of aromatic nitrogens is 1. The quantitative estimate of drug-likeness (QED) is 0.152. The molecule has 1 amide bonds. The number of hydrogen-bond donors (Lipinski definition) is 1. The first-order chi connectivity index (χ1) is 19.9. The number of hydrogen-bond acceptors (Lipinski definition) is 6.